The van der Waals surface area contributed by atoms with Crippen molar-refractivity contribution >= 4 is 5.91 Å². The Kier molecular flexibility index (Phi) is 3.42. The molecule has 1 N–H and O–H groups in total. The van der Waals surface area contributed by atoms with Crippen LogP contribution >= 0.6 is 0 Å². The molecule has 2 aliphatic heterocycles. The monoisotopic (exact) mass is 302 g/mol. The standard InChI is InChI=1S/C15H18N4O3/c20-15(13-14(22-9-17-13)11-2-1-7-21-11)18-10-3-4-12-16-5-6-19(12)8-10/h5-6,9-11H,1-4,7-8H2,(H,18,20)/t10-,11-/m1/s1. The Bertz CT molecular complexity index is 672. The van der Waals surface area contributed by atoms with E-state index in [0.717, 1.165) is 38.1 Å². The molecule has 1 fully saturated rings. The van der Waals surface area contributed by atoms with Crippen LogP contribution in [0.3, 0.4) is 0 Å². The normalized spacial score (nSPS) is 24.2. The van der Waals surface area contributed by atoms with E-state index in [1.165, 1.54) is 6.39 Å². The van der Waals surface area contributed by atoms with E-state index in [1.54, 1.807) is 6.20 Å². The highest BCUT2D eigenvalue weighted by atomic mass is 16.5. The highest BCUT2D eigenvalue weighted by Gasteiger charge is 2.29. The Balaban J connectivity index is 1.46. The topological polar surface area (TPSA) is 82.2 Å². The van der Waals surface area contributed by atoms with Gasteiger partial charge in [-0.15, -0.1) is 0 Å². The number of fused-ring (bicyclic) bond motifs is 1. The molecule has 2 atom stereocenters. The molecule has 0 saturated carbocycles. The first-order valence-corrected chi connectivity index (χ1v) is 7.67. The summed E-state index contributed by atoms with van der Waals surface area (Å²) in [6.45, 7) is 1.45. The molecule has 2 aromatic heterocycles. The van der Waals surface area contributed by atoms with Gasteiger partial charge in [0.2, 0.25) is 0 Å². The minimum atomic E-state index is -0.187. The molecular weight excluding hydrogens is 284 g/mol. The van der Waals surface area contributed by atoms with Gasteiger partial charge in [0.25, 0.3) is 5.91 Å². The number of amides is 1. The average molecular weight is 302 g/mol. The van der Waals surface area contributed by atoms with Crippen LogP contribution in [0.15, 0.2) is 23.2 Å². The summed E-state index contributed by atoms with van der Waals surface area (Å²) in [6, 6.07) is 0.0863. The van der Waals surface area contributed by atoms with Crippen molar-refractivity contribution < 1.29 is 13.9 Å². The van der Waals surface area contributed by atoms with Crippen molar-refractivity contribution in [1.82, 2.24) is 19.9 Å². The summed E-state index contributed by atoms with van der Waals surface area (Å²) in [7, 11) is 0. The molecule has 0 aliphatic carbocycles. The van der Waals surface area contributed by atoms with E-state index in [4.69, 9.17) is 9.15 Å². The predicted octanol–water partition coefficient (Wildman–Crippen LogP) is 1.47. The van der Waals surface area contributed by atoms with Crippen molar-refractivity contribution in [2.24, 2.45) is 0 Å². The molecule has 2 aliphatic rings. The molecule has 0 spiro atoms. The Morgan fingerprint density at radius 3 is 3.18 bits per heavy atom. The molecule has 4 heterocycles. The fraction of sp³-hybridized carbons (Fsp3) is 0.533. The molecule has 0 radical (unpaired) electrons. The fourth-order valence-electron chi connectivity index (χ4n) is 3.18. The minimum Gasteiger partial charge on any atom is -0.445 e. The van der Waals surface area contributed by atoms with Gasteiger partial charge in [-0.05, 0) is 19.3 Å². The van der Waals surface area contributed by atoms with Crippen LogP contribution in [0, 0.1) is 0 Å². The zero-order valence-corrected chi connectivity index (χ0v) is 12.2. The van der Waals surface area contributed by atoms with Gasteiger partial charge in [0, 0.05) is 38.0 Å². The first-order chi connectivity index (χ1) is 10.8. The highest BCUT2D eigenvalue weighted by molar-refractivity contribution is 5.93. The van der Waals surface area contributed by atoms with E-state index < -0.39 is 0 Å². The fourth-order valence-corrected chi connectivity index (χ4v) is 3.18. The Morgan fingerprint density at radius 1 is 1.36 bits per heavy atom. The second-order valence-corrected chi connectivity index (χ2v) is 5.77. The summed E-state index contributed by atoms with van der Waals surface area (Å²) < 4.78 is 13.1. The predicted molar refractivity (Wildman–Crippen MR) is 76.2 cm³/mol. The first-order valence-electron chi connectivity index (χ1n) is 7.67. The number of nitrogens with one attached hydrogen (secondary N) is 1. The second-order valence-electron chi connectivity index (χ2n) is 5.77. The summed E-state index contributed by atoms with van der Waals surface area (Å²) >= 11 is 0. The maximum Gasteiger partial charge on any atom is 0.273 e. The van der Waals surface area contributed by atoms with Crippen LogP contribution in [-0.2, 0) is 17.7 Å². The second kappa shape index (κ2) is 5.57. The van der Waals surface area contributed by atoms with Crippen LogP contribution in [0.1, 0.15) is 47.4 Å². The summed E-state index contributed by atoms with van der Waals surface area (Å²) in [6.07, 6.45) is 8.53. The first kappa shape index (κ1) is 13.5. The summed E-state index contributed by atoms with van der Waals surface area (Å²) in [5.74, 6) is 1.44. The van der Waals surface area contributed by atoms with E-state index in [1.807, 2.05) is 6.20 Å². The highest BCUT2D eigenvalue weighted by Crippen LogP contribution is 2.30. The van der Waals surface area contributed by atoms with Gasteiger partial charge in [0.15, 0.2) is 17.8 Å². The smallest absolute Gasteiger partial charge is 0.273 e. The maximum atomic E-state index is 12.5. The van der Waals surface area contributed by atoms with E-state index in [9.17, 15) is 4.79 Å². The van der Waals surface area contributed by atoms with E-state index in [-0.39, 0.29) is 18.1 Å². The number of imidazole rings is 1. The zero-order valence-electron chi connectivity index (χ0n) is 12.2. The molecule has 0 bridgehead atoms. The summed E-state index contributed by atoms with van der Waals surface area (Å²) in [5.41, 5.74) is 0.350. The molecular formula is C15H18N4O3. The van der Waals surface area contributed by atoms with Crippen molar-refractivity contribution in [3.05, 3.63) is 36.1 Å². The Hall–Kier alpha value is -2.15. The Labute approximate surface area is 127 Å². The van der Waals surface area contributed by atoms with Gasteiger partial charge in [-0.2, -0.15) is 0 Å². The van der Waals surface area contributed by atoms with Crippen LogP contribution < -0.4 is 5.32 Å². The molecule has 0 aromatic carbocycles. The molecule has 1 amide bonds. The number of nitrogens with zero attached hydrogens (tertiary/aromatic N) is 3. The molecule has 2 aromatic rings. The number of aromatic nitrogens is 3. The largest absolute Gasteiger partial charge is 0.445 e. The van der Waals surface area contributed by atoms with Gasteiger partial charge >= 0.3 is 0 Å². The lowest BCUT2D eigenvalue weighted by Crippen LogP contribution is -2.41. The van der Waals surface area contributed by atoms with Gasteiger partial charge in [-0.25, -0.2) is 9.97 Å². The Morgan fingerprint density at radius 2 is 2.32 bits per heavy atom. The number of hydrogen-bond donors (Lipinski definition) is 1. The maximum absolute atomic E-state index is 12.5. The SMILES string of the molecule is O=C(N[C@@H]1CCc2nccn2C1)c1ncoc1[C@H]1CCCO1. The van der Waals surface area contributed by atoms with Gasteiger partial charge < -0.3 is 19.0 Å². The van der Waals surface area contributed by atoms with Gasteiger partial charge in [0.05, 0.1) is 0 Å². The quantitative estimate of drug-likeness (QED) is 0.928. The molecule has 116 valence electrons. The third kappa shape index (κ3) is 2.41. The van der Waals surface area contributed by atoms with Gasteiger partial charge in [0.1, 0.15) is 11.9 Å². The van der Waals surface area contributed by atoms with E-state index in [0.29, 0.717) is 18.1 Å². The van der Waals surface area contributed by atoms with Crippen LogP contribution in [0.5, 0.6) is 0 Å². The zero-order chi connectivity index (χ0) is 14.9. The lowest BCUT2D eigenvalue weighted by molar-refractivity contribution is 0.0847. The molecule has 7 heteroatoms. The van der Waals surface area contributed by atoms with Gasteiger partial charge in [-0.3, -0.25) is 4.79 Å². The van der Waals surface area contributed by atoms with Crippen molar-refractivity contribution in [2.45, 2.75) is 44.4 Å². The summed E-state index contributed by atoms with van der Waals surface area (Å²) in [4.78, 5) is 20.9. The summed E-state index contributed by atoms with van der Waals surface area (Å²) in [5, 5.41) is 3.05. The van der Waals surface area contributed by atoms with Crippen molar-refractivity contribution in [1.29, 1.82) is 0 Å². The number of oxazole rings is 1. The van der Waals surface area contributed by atoms with E-state index >= 15 is 0 Å². The van der Waals surface area contributed by atoms with Crippen LogP contribution in [-0.4, -0.2) is 33.1 Å². The molecule has 4 rings (SSSR count). The third-order valence-electron chi connectivity index (χ3n) is 4.30. The van der Waals surface area contributed by atoms with Crippen molar-refractivity contribution in [3.8, 4) is 0 Å². The van der Waals surface area contributed by atoms with Crippen molar-refractivity contribution in [3.63, 3.8) is 0 Å². The van der Waals surface area contributed by atoms with Crippen molar-refractivity contribution in [2.75, 3.05) is 6.61 Å². The lowest BCUT2D eigenvalue weighted by atomic mass is 10.1. The molecule has 1 saturated heterocycles. The number of carbonyl (C=O) groups excluding carboxylic acids is 1. The number of ether oxygens (including phenoxy) is 1. The van der Waals surface area contributed by atoms with Crippen LogP contribution in [0.25, 0.3) is 0 Å². The number of carbonyl (C=O) groups is 1. The molecule has 22 heavy (non-hydrogen) atoms. The average Bonchev–Trinajstić information content (AvgIpc) is 3.26. The van der Waals surface area contributed by atoms with Crippen LogP contribution in [0.2, 0.25) is 0 Å². The minimum absolute atomic E-state index is 0.0863. The third-order valence-corrected chi connectivity index (χ3v) is 4.30. The van der Waals surface area contributed by atoms with E-state index in [2.05, 4.69) is 19.9 Å². The molecule has 7 nitrogen and oxygen atoms in total. The number of aryl methyl sites for hydroxylation is 1. The van der Waals surface area contributed by atoms with Gasteiger partial charge in [-0.1, -0.05) is 0 Å². The molecule has 0 unspecified atom stereocenters. The number of rotatable bonds is 3. The lowest BCUT2D eigenvalue weighted by Gasteiger charge is -2.24. The number of hydrogen-bond acceptors (Lipinski definition) is 5. The van der Waals surface area contributed by atoms with Crippen LogP contribution in [0.4, 0.5) is 0 Å².